The highest BCUT2D eigenvalue weighted by Gasteiger charge is 2.49. The van der Waals surface area contributed by atoms with Crippen molar-refractivity contribution in [2.45, 2.75) is 30.9 Å². The Morgan fingerprint density at radius 2 is 1.94 bits per heavy atom. The van der Waals surface area contributed by atoms with Gasteiger partial charge in [-0.25, -0.2) is 14.8 Å². The summed E-state index contributed by atoms with van der Waals surface area (Å²) >= 11 is 0. The molecular weight excluding hydrogens is 434 g/mol. The molecule has 2 saturated heterocycles. The topological polar surface area (TPSA) is 118 Å². The van der Waals surface area contributed by atoms with E-state index in [0.29, 0.717) is 30.4 Å². The summed E-state index contributed by atoms with van der Waals surface area (Å²) in [6, 6.07) is 20.6. The van der Waals surface area contributed by atoms with E-state index in [1.54, 1.807) is 24.4 Å². The van der Waals surface area contributed by atoms with Crippen molar-refractivity contribution in [2.75, 3.05) is 18.5 Å². The van der Waals surface area contributed by atoms with Gasteiger partial charge >= 0.3 is 6.09 Å². The van der Waals surface area contributed by atoms with Gasteiger partial charge in [0.1, 0.15) is 12.2 Å². The summed E-state index contributed by atoms with van der Waals surface area (Å²) in [6.45, 7) is 1.02. The molecule has 9 heteroatoms. The molecule has 2 fully saturated rings. The number of rotatable bonds is 6. The Morgan fingerprint density at radius 3 is 2.79 bits per heavy atom. The number of fused-ring (bicyclic) bond motifs is 1. The Balaban J connectivity index is 1.18. The number of nitrogens with one attached hydrogen (secondary N) is 2. The van der Waals surface area contributed by atoms with Gasteiger partial charge in [-0.15, -0.1) is 0 Å². The van der Waals surface area contributed by atoms with E-state index in [9.17, 15) is 4.79 Å². The molecule has 0 radical (unpaired) electrons. The molecule has 4 atom stereocenters. The number of ether oxygens (including phenoxy) is 3. The van der Waals surface area contributed by atoms with Crippen molar-refractivity contribution in [3.63, 3.8) is 0 Å². The van der Waals surface area contributed by atoms with E-state index < -0.39 is 12.2 Å². The molecule has 1 aromatic heterocycles. The second-order valence-corrected chi connectivity index (χ2v) is 8.09. The van der Waals surface area contributed by atoms with Crippen LogP contribution in [0.25, 0.3) is 11.3 Å². The summed E-state index contributed by atoms with van der Waals surface area (Å²) < 4.78 is 17.4. The number of amides is 1. The minimum atomic E-state index is -0.506. The Labute approximate surface area is 196 Å². The molecule has 2 N–H and O–H groups in total. The van der Waals surface area contributed by atoms with Gasteiger partial charge in [-0.2, -0.15) is 5.26 Å². The lowest BCUT2D eigenvalue weighted by atomic mass is 10.1. The maximum absolute atomic E-state index is 12.3. The van der Waals surface area contributed by atoms with Crippen LogP contribution < -0.4 is 10.6 Å². The van der Waals surface area contributed by atoms with Crippen LogP contribution in [0.2, 0.25) is 0 Å². The largest absolute Gasteiger partial charge is 0.441 e. The average molecular weight is 457 g/mol. The summed E-state index contributed by atoms with van der Waals surface area (Å²) in [5.41, 5.74) is 3.09. The molecule has 9 nitrogen and oxygen atoms in total. The molecule has 0 bridgehead atoms. The fourth-order valence-corrected chi connectivity index (χ4v) is 4.14. The predicted octanol–water partition coefficient (Wildman–Crippen LogP) is 2.89. The zero-order valence-electron chi connectivity index (χ0n) is 18.3. The number of aromatic nitrogens is 2. The fraction of sp³-hybridized carbons (Fsp3) is 0.280. The lowest BCUT2D eigenvalue weighted by Crippen LogP contribution is -2.39. The van der Waals surface area contributed by atoms with E-state index in [-0.39, 0.29) is 24.9 Å². The monoisotopic (exact) mass is 457 g/mol. The summed E-state index contributed by atoms with van der Waals surface area (Å²) in [5, 5.41) is 15.2. The summed E-state index contributed by atoms with van der Waals surface area (Å²) in [6.07, 6.45) is 0.00837. The average Bonchev–Trinajstić information content (AvgIpc) is 3.47. The Bertz CT molecular complexity index is 1200. The summed E-state index contributed by atoms with van der Waals surface area (Å²) in [5.74, 6) is 0.433. The molecular formula is C25H23N5O4. The van der Waals surface area contributed by atoms with Gasteiger partial charge < -0.3 is 24.8 Å². The van der Waals surface area contributed by atoms with E-state index >= 15 is 0 Å². The van der Waals surface area contributed by atoms with Gasteiger partial charge in [0.15, 0.2) is 6.10 Å². The maximum Gasteiger partial charge on any atom is 0.407 e. The first-order valence-electron chi connectivity index (χ1n) is 11.0. The third-order valence-corrected chi connectivity index (χ3v) is 5.80. The highest BCUT2D eigenvalue weighted by atomic mass is 16.6. The SMILES string of the molecule is N#Cc1cccc(-c2ccnc(N[C@H]3CO[C@H]4[C@@H]3OC[C@H]4OC(=O)NCc3ccccc3)n2)c1. The van der Waals surface area contributed by atoms with Gasteiger partial charge in [0, 0.05) is 18.3 Å². The highest BCUT2D eigenvalue weighted by molar-refractivity contribution is 5.67. The minimum absolute atomic E-state index is 0.188. The van der Waals surface area contributed by atoms with Crippen molar-refractivity contribution in [1.82, 2.24) is 15.3 Å². The molecule has 0 saturated carbocycles. The Hall–Kier alpha value is -4.00. The molecule has 0 aliphatic carbocycles. The van der Waals surface area contributed by atoms with Crippen molar-refractivity contribution in [2.24, 2.45) is 0 Å². The minimum Gasteiger partial charge on any atom is -0.441 e. The number of hydrogen-bond acceptors (Lipinski definition) is 8. The second-order valence-electron chi connectivity index (χ2n) is 8.09. The third kappa shape index (κ3) is 4.83. The number of nitriles is 1. The number of nitrogens with zero attached hydrogens (tertiary/aromatic N) is 3. The smallest absolute Gasteiger partial charge is 0.407 e. The van der Waals surface area contributed by atoms with Crippen LogP contribution in [0.4, 0.5) is 10.7 Å². The van der Waals surface area contributed by atoms with Crippen LogP contribution in [0.3, 0.4) is 0 Å². The van der Waals surface area contributed by atoms with Crippen molar-refractivity contribution in [3.05, 3.63) is 78.0 Å². The van der Waals surface area contributed by atoms with Crippen molar-refractivity contribution in [3.8, 4) is 17.3 Å². The van der Waals surface area contributed by atoms with Gasteiger partial charge in [-0.1, -0.05) is 42.5 Å². The van der Waals surface area contributed by atoms with Gasteiger partial charge in [-0.05, 0) is 23.8 Å². The molecule has 5 rings (SSSR count). The standard InChI is InChI=1S/C25H23N5O4/c26-12-17-7-4-8-18(11-17)19-9-10-27-24(29-19)30-20-14-32-23-21(15-33-22(20)23)34-25(31)28-13-16-5-2-1-3-6-16/h1-11,20-23H,13-15H2,(H,28,31)(H,27,29,30)/t20-,21+,22+,23+/m0/s1. The van der Waals surface area contributed by atoms with E-state index in [4.69, 9.17) is 19.5 Å². The number of hydrogen-bond donors (Lipinski definition) is 2. The van der Waals surface area contributed by atoms with Crippen molar-refractivity contribution >= 4 is 12.0 Å². The molecule has 2 aliphatic heterocycles. The van der Waals surface area contributed by atoms with Gasteiger partial charge in [0.25, 0.3) is 0 Å². The fourth-order valence-electron chi connectivity index (χ4n) is 4.14. The molecule has 3 heterocycles. The van der Waals surface area contributed by atoms with Crippen LogP contribution in [0, 0.1) is 11.3 Å². The number of benzene rings is 2. The first-order valence-corrected chi connectivity index (χ1v) is 11.0. The zero-order chi connectivity index (χ0) is 23.3. The van der Waals surface area contributed by atoms with E-state index in [0.717, 1.165) is 11.1 Å². The Morgan fingerprint density at radius 1 is 1.09 bits per heavy atom. The highest BCUT2D eigenvalue weighted by Crippen LogP contribution is 2.30. The van der Waals surface area contributed by atoms with E-state index in [1.165, 1.54) is 0 Å². The number of anilines is 1. The van der Waals surface area contributed by atoms with Crippen LogP contribution in [-0.2, 0) is 20.8 Å². The summed E-state index contributed by atoms with van der Waals surface area (Å²) in [4.78, 5) is 21.1. The molecule has 0 spiro atoms. The second kappa shape index (κ2) is 9.87. The maximum atomic E-state index is 12.3. The van der Waals surface area contributed by atoms with Crippen LogP contribution in [0.5, 0.6) is 0 Å². The molecule has 2 aromatic carbocycles. The first kappa shape index (κ1) is 21.8. The molecule has 172 valence electrons. The number of alkyl carbamates (subject to hydrolysis) is 1. The van der Waals surface area contributed by atoms with Crippen LogP contribution in [0.1, 0.15) is 11.1 Å². The first-order chi connectivity index (χ1) is 16.7. The van der Waals surface area contributed by atoms with Crippen LogP contribution in [0.15, 0.2) is 66.9 Å². The van der Waals surface area contributed by atoms with Gasteiger partial charge in [-0.3, -0.25) is 0 Å². The molecule has 34 heavy (non-hydrogen) atoms. The number of carbonyl (C=O) groups excluding carboxylic acids is 1. The van der Waals surface area contributed by atoms with Crippen LogP contribution >= 0.6 is 0 Å². The molecule has 2 aliphatic rings. The van der Waals surface area contributed by atoms with Crippen LogP contribution in [-0.4, -0.2) is 53.6 Å². The van der Waals surface area contributed by atoms with Crippen molar-refractivity contribution in [1.29, 1.82) is 5.26 Å². The third-order valence-electron chi connectivity index (χ3n) is 5.80. The van der Waals surface area contributed by atoms with E-state index in [1.807, 2.05) is 42.5 Å². The quantitative estimate of drug-likeness (QED) is 0.580. The lowest BCUT2D eigenvalue weighted by Gasteiger charge is -2.18. The lowest BCUT2D eigenvalue weighted by molar-refractivity contribution is 0.00431. The predicted molar refractivity (Wildman–Crippen MR) is 123 cm³/mol. The van der Waals surface area contributed by atoms with E-state index in [2.05, 4.69) is 26.7 Å². The van der Waals surface area contributed by atoms with Crippen molar-refractivity contribution < 1.29 is 19.0 Å². The normalized spacial score (nSPS) is 23.0. The zero-order valence-corrected chi connectivity index (χ0v) is 18.3. The Kier molecular flexibility index (Phi) is 6.33. The van der Waals surface area contributed by atoms with Gasteiger partial charge in [0.05, 0.1) is 36.6 Å². The molecule has 1 amide bonds. The van der Waals surface area contributed by atoms with Gasteiger partial charge in [0.2, 0.25) is 5.95 Å². The number of carbonyl (C=O) groups is 1. The molecule has 3 aromatic rings. The summed E-state index contributed by atoms with van der Waals surface area (Å²) in [7, 11) is 0. The molecule has 0 unspecified atom stereocenters.